The van der Waals surface area contributed by atoms with Crippen LogP contribution in [0.15, 0.2) is 119 Å². The number of benzene rings is 3. The molecule has 0 bridgehead atoms. The number of carbonyl (C=O) groups excluding carboxylic acids is 2. The molecule has 0 spiro atoms. The largest absolute Gasteiger partial charge is 0.465 e. The average Bonchev–Trinajstić information content (AvgIpc) is 3.63. The van der Waals surface area contributed by atoms with E-state index in [4.69, 9.17) is 14.6 Å². The van der Waals surface area contributed by atoms with Gasteiger partial charge in [0.2, 0.25) is 0 Å². The number of allylic oxidation sites excluding steroid dienone is 1. The lowest BCUT2D eigenvalue weighted by Gasteiger charge is -2.24. The fraction of sp³-hybridized carbons (Fsp3) is 0.114. The van der Waals surface area contributed by atoms with Crippen molar-refractivity contribution < 1.29 is 23.5 Å². The van der Waals surface area contributed by atoms with E-state index in [1.165, 1.54) is 41.2 Å². The maximum absolute atomic E-state index is 14.2. The maximum atomic E-state index is 14.2. The monoisotopic (exact) mass is 634 g/mol. The Morgan fingerprint density at radius 3 is 2.41 bits per heavy atom. The molecule has 0 saturated heterocycles. The number of ether oxygens (including phenoxy) is 2. The molecule has 5 aromatic rings. The lowest BCUT2D eigenvalue weighted by molar-refractivity contribution is -0.138. The molecular formula is C35H27FN4O5S. The molecule has 0 saturated carbocycles. The standard InChI is InChI=1S/C35H27FN4O5S/c1-4-18-45-34(43)29-21(2)37-35-40(31(29)23-10-12-24(13-11-23)33(42)44-3)32(41)28(46-35)19-25-20-39(27-8-6-5-7-9-27)38-30(25)22-14-16-26(36)17-15-22/h4-17,19-20,31H,1,18H2,2-3H3. The molecule has 0 N–H and O–H groups in total. The van der Waals surface area contributed by atoms with Crippen molar-refractivity contribution in [2.75, 3.05) is 13.7 Å². The number of fused-ring (bicyclic) bond motifs is 1. The second-order valence-corrected chi connectivity index (χ2v) is 11.3. The molecule has 1 aliphatic rings. The van der Waals surface area contributed by atoms with Gasteiger partial charge in [0.25, 0.3) is 5.56 Å². The molecule has 230 valence electrons. The van der Waals surface area contributed by atoms with Crippen LogP contribution < -0.4 is 14.9 Å². The van der Waals surface area contributed by atoms with Gasteiger partial charge in [-0.2, -0.15) is 5.10 Å². The molecule has 0 amide bonds. The summed E-state index contributed by atoms with van der Waals surface area (Å²) in [5, 5.41) is 4.78. The van der Waals surface area contributed by atoms with E-state index in [0.717, 1.165) is 5.69 Å². The zero-order valence-electron chi connectivity index (χ0n) is 24.8. The molecule has 0 fully saturated rings. The minimum absolute atomic E-state index is 0.0222. The number of nitrogens with zero attached hydrogens (tertiary/aromatic N) is 4. The van der Waals surface area contributed by atoms with Gasteiger partial charge in [0.05, 0.1) is 40.2 Å². The molecule has 46 heavy (non-hydrogen) atoms. The third-order valence-corrected chi connectivity index (χ3v) is 8.37. The average molecular weight is 635 g/mol. The van der Waals surface area contributed by atoms with Gasteiger partial charge in [-0.25, -0.2) is 23.7 Å². The Labute approximate surface area is 266 Å². The Balaban J connectivity index is 1.53. The van der Waals surface area contributed by atoms with E-state index < -0.39 is 18.0 Å². The summed E-state index contributed by atoms with van der Waals surface area (Å²) in [6.07, 6.45) is 4.98. The predicted octanol–water partition coefficient (Wildman–Crippen LogP) is 4.74. The molecular weight excluding hydrogens is 607 g/mol. The number of methoxy groups -OCH3 is 1. The Bertz CT molecular complexity index is 2180. The van der Waals surface area contributed by atoms with Crippen molar-refractivity contribution in [3.63, 3.8) is 0 Å². The Morgan fingerprint density at radius 1 is 1.02 bits per heavy atom. The minimum atomic E-state index is -0.883. The Hall–Kier alpha value is -5.68. The number of thiazole rings is 1. The number of halogens is 1. The molecule has 9 nitrogen and oxygen atoms in total. The highest BCUT2D eigenvalue weighted by atomic mass is 32.1. The summed E-state index contributed by atoms with van der Waals surface area (Å²) in [4.78, 5) is 44.7. The van der Waals surface area contributed by atoms with Crippen molar-refractivity contribution in [2.45, 2.75) is 13.0 Å². The molecule has 3 heterocycles. The van der Waals surface area contributed by atoms with Gasteiger partial charge < -0.3 is 9.47 Å². The van der Waals surface area contributed by atoms with Crippen molar-refractivity contribution in [2.24, 2.45) is 4.99 Å². The van der Waals surface area contributed by atoms with Crippen molar-refractivity contribution in [3.05, 3.63) is 151 Å². The van der Waals surface area contributed by atoms with Crippen LogP contribution in [0.4, 0.5) is 4.39 Å². The molecule has 1 unspecified atom stereocenters. The summed E-state index contributed by atoms with van der Waals surface area (Å²) in [5.74, 6) is -1.53. The first-order chi connectivity index (χ1) is 22.3. The SMILES string of the molecule is C=CCOC(=O)C1=C(C)N=c2sc(=Cc3cn(-c4ccccc4)nc3-c3ccc(F)cc3)c(=O)n2C1c1ccc(C(=O)OC)cc1. The van der Waals surface area contributed by atoms with E-state index in [9.17, 15) is 18.8 Å². The van der Waals surface area contributed by atoms with Gasteiger partial charge in [0, 0.05) is 17.3 Å². The van der Waals surface area contributed by atoms with Crippen LogP contribution >= 0.6 is 11.3 Å². The number of aromatic nitrogens is 3. The number of carbonyl (C=O) groups is 2. The summed E-state index contributed by atoms with van der Waals surface area (Å²) in [5.41, 5.74) is 3.74. The zero-order valence-corrected chi connectivity index (χ0v) is 25.7. The fourth-order valence-electron chi connectivity index (χ4n) is 5.21. The zero-order chi connectivity index (χ0) is 32.4. The molecule has 1 aliphatic heterocycles. The van der Waals surface area contributed by atoms with E-state index in [1.54, 1.807) is 60.3 Å². The van der Waals surface area contributed by atoms with Gasteiger partial charge in [-0.05, 0) is 67.1 Å². The smallest absolute Gasteiger partial charge is 0.338 e. The third kappa shape index (κ3) is 5.75. The van der Waals surface area contributed by atoms with Crippen LogP contribution in [0.3, 0.4) is 0 Å². The van der Waals surface area contributed by atoms with E-state index in [0.29, 0.717) is 43.0 Å². The number of hydrogen-bond acceptors (Lipinski definition) is 8. The van der Waals surface area contributed by atoms with E-state index >= 15 is 0 Å². The highest BCUT2D eigenvalue weighted by Crippen LogP contribution is 2.31. The number of hydrogen-bond donors (Lipinski definition) is 0. The first-order valence-electron chi connectivity index (χ1n) is 14.2. The van der Waals surface area contributed by atoms with Gasteiger partial charge in [0.1, 0.15) is 18.1 Å². The van der Waals surface area contributed by atoms with Crippen LogP contribution in [0.5, 0.6) is 0 Å². The first-order valence-corrected chi connectivity index (χ1v) is 15.0. The maximum Gasteiger partial charge on any atom is 0.338 e. The van der Waals surface area contributed by atoms with Gasteiger partial charge in [0.15, 0.2) is 4.80 Å². The molecule has 6 rings (SSSR count). The minimum Gasteiger partial charge on any atom is -0.465 e. The Kier molecular flexibility index (Phi) is 8.41. The lowest BCUT2D eigenvalue weighted by Crippen LogP contribution is -2.40. The van der Waals surface area contributed by atoms with Crippen molar-refractivity contribution in [3.8, 4) is 16.9 Å². The quantitative estimate of drug-likeness (QED) is 0.180. The molecule has 2 aromatic heterocycles. The van der Waals surface area contributed by atoms with Crippen LogP contribution in [0.2, 0.25) is 0 Å². The fourth-order valence-corrected chi connectivity index (χ4v) is 6.25. The van der Waals surface area contributed by atoms with Gasteiger partial charge in [-0.1, -0.05) is 54.3 Å². The molecule has 3 aromatic carbocycles. The highest BCUT2D eigenvalue weighted by Gasteiger charge is 2.33. The van der Waals surface area contributed by atoms with Crippen molar-refractivity contribution in [1.29, 1.82) is 0 Å². The second-order valence-electron chi connectivity index (χ2n) is 10.3. The summed E-state index contributed by atoms with van der Waals surface area (Å²) >= 11 is 1.17. The van der Waals surface area contributed by atoms with Crippen molar-refractivity contribution in [1.82, 2.24) is 14.3 Å². The third-order valence-electron chi connectivity index (χ3n) is 7.39. The lowest BCUT2D eigenvalue weighted by atomic mass is 9.95. The number of para-hydroxylation sites is 1. The number of rotatable bonds is 8. The van der Waals surface area contributed by atoms with Crippen LogP contribution in [0.25, 0.3) is 23.0 Å². The van der Waals surface area contributed by atoms with Crippen LogP contribution in [0.1, 0.15) is 34.5 Å². The van der Waals surface area contributed by atoms with Crippen molar-refractivity contribution >= 4 is 29.4 Å². The summed E-state index contributed by atoms with van der Waals surface area (Å²) < 4.78 is 27.5. The summed E-state index contributed by atoms with van der Waals surface area (Å²) in [6.45, 7) is 5.28. The molecule has 11 heteroatoms. The number of esters is 2. The predicted molar refractivity (Wildman–Crippen MR) is 172 cm³/mol. The van der Waals surface area contributed by atoms with E-state index in [1.807, 2.05) is 30.3 Å². The van der Waals surface area contributed by atoms with Gasteiger partial charge in [-0.3, -0.25) is 9.36 Å². The topological polar surface area (TPSA) is 105 Å². The Morgan fingerprint density at radius 2 is 1.74 bits per heavy atom. The van der Waals surface area contributed by atoms with Crippen LogP contribution in [-0.2, 0) is 14.3 Å². The van der Waals surface area contributed by atoms with E-state index in [2.05, 4.69) is 11.6 Å². The summed E-state index contributed by atoms with van der Waals surface area (Å²) in [7, 11) is 1.29. The van der Waals surface area contributed by atoms with Crippen LogP contribution in [-0.4, -0.2) is 40.0 Å². The molecule has 1 atom stereocenters. The first kappa shape index (κ1) is 30.4. The molecule has 0 radical (unpaired) electrons. The summed E-state index contributed by atoms with van der Waals surface area (Å²) in [6, 6.07) is 21.1. The van der Waals surface area contributed by atoms with Crippen LogP contribution in [0, 0.1) is 5.82 Å². The van der Waals surface area contributed by atoms with Gasteiger partial charge >= 0.3 is 11.9 Å². The van der Waals surface area contributed by atoms with E-state index in [-0.39, 0.29) is 23.6 Å². The normalized spacial score (nSPS) is 14.4. The van der Waals surface area contributed by atoms with Gasteiger partial charge in [-0.15, -0.1) is 0 Å². The molecule has 0 aliphatic carbocycles. The highest BCUT2D eigenvalue weighted by molar-refractivity contribution is 7.07. The second kappa shape index (κ2) is 12.7.